The van der Waals surface area contributed by atoms with Crippen molar-refractivity contribution >= 4 is 35.3 Å². The highest BCUT2D eigenvalue weighted by Crippen LogP contribution is 2.41. The number of likely N-dealkylation sites (tertiary alicyclic amines) is 1. The Morgan fingerprint density at radius 2 is 1.66 bits per heavy atom. The van der Waals surface area contributed by atoms with Gasteiger partial charge in [0, 0.05) is 24.4 Å². The lowest BCUT2D eigenvalue weighted by Gasteiger charge is -2.36. The summed E-state index contributed by atoms with van der Waals surface area (Å²) in [7, 11) is 0. The second-order valence-corrected chi connectivity index (χ2v) is 16.0. The summed E-state index contributed by atoms with van der Waals surface area (Å²) in [6.07, 6.45) is 2.05. The largest absolute Gasteiger partial charge is 0.493 e. The van der Waals surface area contributed by atoms with E-state index in [0.717, 1.165) is 35.3 Å². The van der Waals surface area contributed by atoms with Gasteiger partial charge in [0.1, 0.15) is 23.4 Å². The molecule has 2 aliphatic heterocycles. The molecule has 2 heterocycles. The molecule has 4 rings (SSSR count). The van der Waals surface area contributed by atoms with Crippen LogP contribution in [0, 0.1) is 19.3 Å². The number of ether oxygens (including phenoxy) is 2. The van der Waals surface area contributed by atoms with Crippen LogP contribution in [0.3, 0.4) is 0 Å². The van der Waals surface area contributed by atoms with Gasteiger partial charge < -0.3 is 35.2 Å². The summed E-state index contributed by atoms with van der Waals surface area (Å²) < 4.78 is 11.3. The average Bonchev–Trinajstić information content (AvgIpc) is 3.60. The normalized spacial score (nSPS) is 21.5. The summed E-state index contributed by atoms with van der Waals surface area (Å²) in [4.78, 5) is 75.0. The number of nitrogens with zero attached hydrogens (tertiary/aromatic N) is 2. The average molecular weight is 698 g/mol. The van der Waals surface area contributed by atoms with Crippen molar-refractivity contribution in [1.82, 2.24) is 20.9 Å². The topological polar surface area (TPSA) is 165 Å². The maximum Gasteiger partial charge on any atom is 0.408 e. The van der Waals surface area contributed by atoms with Crippen molar-refractivity contribution in [2.24, 2.45) is 10.6 Å². The minimum absolute atomic E-state index is 0.00302. The number of carbonyl (C=O) groups excluding carboxylic acids is 5. The Labute approximate surface area is 295 Å². The van der Waals surface area contributed by atoms with E-state index in [1.165, 1.54) is 4.90 Å². The number of rotatable bonds is 12. The van der Waals surface area contributed by atoms with Crippen molar-refractivity contribution in [1.29, 1.82) is 0 Å². The molecular weight excluding hydrogens is 642 g/mol. The lowest BCUT2D eigenvalue weighted by atomic mass is 9.85. The zero-order chi connectivity index (χ0) is 37.2. The van der Waals surface area contributed by atoms with Gasteiger partial charge in [-0.2, -0.15) is 0 Å². The minimum Gasteiger partial charge on any atom is -0.493 e. The summed E-state index contributed by atoms with van der Waals surface area (Å²) >= 11 is 0. The zero-order valence-corrected chi connectivity index (χ0v) is 31.3. The van der Waals surface area contributed by atoms with Crippen molar-refractivity contribution in [2.45, 2.75) is 143 Å². The van der Waals surface area contributed by atoms with Gasteiger partial charge in [0.25, 0.3) is 5.91 Å². The number of Topliss-reactive ketones (excluding diaryl/α,β-unsaturated/α-hetero) is 1. The molecule has 3 aliphatic rings. The smallest absolute Gasteiger partial charge is 0.408 e. The highest BCUT2D eigenvalue weighted by atomic mass is 16.7. The molecule has 4 amide bonds. The number of nitrogens with one attached hydrogen (secondary N) is 3. The van der Waals surface area contributed by atoms with E-state index in [2.05, 4.69) is 21.1 Å². The lowest BCUT2D eigenvalue weighted by molar-refractivity contribution is -0.144. The quantitative estimate of drug-likeness (QED) is 0.273. The van der Waals surface area contributed by atoms with Gasteiger partial charge in [-0.15, -0.1) is 0 Å². The molecule has 276 valence electrons. The van der Waals surface area contributed by atoms with Gasteiger partial charge in [-0.3, -0.25) is 19.2 Å². The van der Waals surface area contributed by atoms with Crippen molar-refractivity contribution < 1.29 is 38.3 Å². The number of hydrogen-bond acceptors (Lipinski definition) is 9. The first-order chi connectivity index (χ1) is 23.3. The first-order valence-corrected chi connectivity index (χ1v) is 17.7. The number of amides is 4. The van der Waals surface area contributed by atoms with Gasteiger partial charge >= 0.3 is 6.09 Å². The van der Waals surface area contributed by atoms with E-state index < -0.39 is 64.3 Å². The maximum atomic E-state index is 14.5. The van der Waals surface area contributed by atoms with Crippen LogP contribution in [0.1, 0.15) is 111 Å². The fourth-order valence-electron chi connectivity index (χ4n) is 6.48. The number of alkyl carbamates (subject to hydrolysis) is 1. The van der Waals surface area contributed by atoms with Gasteiger partial charge in [-0.1, -0.05) is 39.3 Å². The highest BCUT2D eigenvalue weighted by molar-refractivity contribution is 6.38. The molecule has 13 heteroatoms. The van der Waals surface area contributed by atoms with Crippen molar-refractivity contribution in [3.63, 3.8) is 0 Å². The predicted octanol–water partition coefficient (Wildman–Crippen LogP) is 4.24. The molecule has 4 atom stereocenters. The number of benzene rings is 1. The van der Waals surface area contributed by atoms with Gasteiger partial charge in [0.05, 0.1) is 24.9 Å². The third kappa shape index (κ3) is 9.33. The maximum absolute atomic E-state index is 14.5. The van der Waals surface area contributed by atoms with Crippen LogP contribution in [-0.2, 0) is 28.8 Å². The Hall–Kier alpha value is -4.16. The molecule has 1 saturated heterocycles. The van der Waals surface area contributed by atoms with Gasteiger partial charge in [0.15, 0.2) is 5.60 Å². The van der Waals surface area contributed by atoms with E-state index in [9.17, 15) is 24.0 Å². The molecule has 3 N–H and O–H groups in total. The molecule has 1 aromatic rings. The van der Waals surface area contributed by atoms with Crippen LogP contribution < -0.4 is 20.7 Å². The first kappa shape index (κ1) is 38.6. The second kappa shape index (κ2) is 15.0. The van der Waals surface area contributed by atoms with Crippen LogP contribution in [0.25, 0.3) is 0 Å². The van der Waals surface area contributed by atoms with E-state index in [-0.39, 0.29) is 25.4 Å². The zero-order valence-electron chi connectivity index (χ0n) is 31.3. The Kier molecular flexibility index (Phi) is 11.6. The van der Waals surface area contributed by atoms with Gasteiger partial charge in [0.2, 0.25) is 17.6 Å². The molecule has 0 radical (unpaired) electrons. The predicted molar refractivity (Wildman–Crippen MR) is 188 cm³/mol. The van der Waals surface area contributed by atoms with E-state index in [1.54, 1.807) is 20.8 Å². The molecular formula is C37H55N5O8. The minimum atomic E-state index is -1.08. The fourth-order valence-corrected chi connectivity index (χ4v) is 6.48. The van der Waals surface area contributed by atoms with Crippen LogP contribution in [0.15, 0.2) is 17.3 Å². The molecule has 13 nitrogen and oxygen atoms in total. The number of oxime groups is 1. The van der Waals surface area contributed by atoms with Crippen LogP contribution >= 0.6 is 0 Å². The number of aryl methyl sites for hydroxylation is 2. The van der Waals surface area contributed by atoms with Gasteiger partial charge in [-0.05, 0) is 89.5 Å². The Morgan fingerprint density at radius 1 is 1.02 bits per heavy atom. The SMILES string of the molecule is CCC[C@H](NC(=O)[C@@H]1C[C@]2(CC(c3cc(C)c(OCC)c(C)c3)=NO2)CN1C(=O)[C@@H](NC(=O)OC(C)(C)C)C(C)(C)C)C(=O)C(=O)NC1CC1. The lowest BCUT2D eigenvalue weighted by Crippen LogP contribution is -2.59. The second-order valence-electron chi connectivity index (χ2n) is 16.0. The first-order valence-electron chi connectivity index (χ1n) is 17.7. The third-order valence-corrected chi connectivity index (χ3v) is 9.03. The van der Waals surface area contributed by atoms with E-state index >= 15 is 0 Å². The third-order valence-electron chi connectivity index (χ3n) is 9.03. The van der Waals surface area contributed by atoms with Crippen molar-refractivity contribution in [3.05, 3.63) is 28.8 Å². The Bertz CT molecular complexity index is 1500. The molecule has 1 saturated carbocycles. The van der Waals surface area contributed by atoms with Crippen LogP contribution in [0.4, 0.5) is 4.79 Å². The Balaban J connectivity index is 1.64. The summed E-state index contributed by atoms with van der Waals surface area (Å²) in [5, 5.41) is 12.7. The summed E-state index contributed by atoms with van der Waals surface area (Å²) in [5.41, 5.74) is 0.792. The van der Waals surface area contributed by atoms with E-state index in [0.29, 0.717) is 25.2 Å². The molecule has 1 aliphatic carbocycles. The molecule has 0 bridgehead atoms. The number of carbonyl (C=O) groups is 5. The van der Waals surface area contributed by atoms with Crippen molar-refractivity contribution in [2.75, 3.05) is 13.2 Å². The van der Waals surface area contributed by atoms with Crippen LogP contribution in [0.5, 0.6) is 5.75 Å². The summed E-state index contributed by atoms with van der Waals surface area (Å²) in [6.45, 7) is 18.9. The molecule has 1 spiro atoms. The summed E-state index contributed by atoms with van der Waals surface area (Å²) in [6, 6.07) is 0.730. The monoisotopic (exact) mass is 697 g/mol. The highest BCUT2D eigenvalue weighted by Gasteiger charge is 2.56. The Morgan fingerprint density at radius 3 is 2.20 bits per heavy atom. The van der Waals surface area contributed by atoms with Crippen LogP contribution in [-0.4, -0.2) is 88.7 Å². The molecule has 0 aromatic heterocycles. The summed E-state index contributed by atoms with van der Waals surface area (Å²) in [5.74, 6) is -1.73. The molecule has 50 heavy (non-hydrogen) atoms. The fraction of sp³-hybridized carbons (Fsp3) is 0.676. The van der Waals surface area contributed by atoms with E-state index in [1.807, 2.05) is 60.6 Å². The van der Waals surface area contributed by atoms with Gasteiger partial charge in [-0.25, -0.2) is 4.79 Å². The number of hydrogen-bond donors (Lipinski definition) is 3. The molecule has 1 aromatic carbocycles. The van der Waals surface area contributed by atoms with Crippen molar-refractivity contribution in [3.8, 4) is 5.75 Å². The van der Waals surface area contributed by atoms with Crippen LogP contribution in [0.2, 0.25) is 0 Å². The standard InChI is InChI=1S/C37H55N5O8/c1-11-13-25(28(43)32(45)38-24-14-15-24)39-31(44)27-19-37(18-26(41-50-37)23-16-21(3)29(48-12-2)22(4)17-23)20-42(27)33(46)30(35(5,6)7)40-34(47)49-36(8,9)10/h16-17,24-25,27,30H,11-15,18-20H2,1-10H3,(H,38,45)(H,39,44)(H,40,47)/t25-,27-,30+,37+/m0/s1. The molecule has 2 fully saturated rings. The molecule has 0 unspecified atom stereocenters. The van der Waals surface area contributed by atoms with E-state index in [4.69, 9.17) is 14.3 Å². The number of ketones is 1.